The molecule has 1 unspecified atom stereocenters. The van der Waals surface area contributed by atoms with Crippen LogP contribution in [-0.4, -0.2) is 12.0 Å². The minimum absolute atomic E-state index is 0.0931. The van der Waals surface area contributed by atoms with Crippen molar-refractivity contribution in [1.29, 1.82) is 0 Å². The van der Waals surface area contributed by atoms with Gasteiger partial charge in [-0.15, -0.1) is 0 Å². The molecule has 0 radical (unpaired) electrons. The highest BCUT2D eigenvalue weighted by atomic mass is 16.5. The Labute approximate surface area is 83.9 Å². The summed E-state index contributed by atoms with van der Waals surface area (Å²) in [7, 11) is 0. The minimum atomic E-state index is -0.455. The molecule has 1 rings (SSSR count). The molecule has 1 amide bonds. The molecular weight excluding hydrogens is 178 g/mol. The number of amides is 1. The minimum Gasteiger partial charge on any atom is -0.490 e. The van der Waals surface area contributed by atoms with Gasteiger partial charge in [-0.25, -0.2) is 0 Å². The Kier molecular flexibility index (Phi) is 3.51. The maximum Gasteiger partial charge on any atom is 0.252 e. The molecule has 1 aromatic carbocycles. The maximum atomic E-state index is 11.0. The number of hydrogen-bond acceptors (Lipinski definition) is 2. The van der Waals surface area contributed by atoms with Crippen LogP contribution in [0, 0.1) is 0 Å². The lowest BCUT2D eigenvalue weighted by Crippen LogP contribution is -2.16. The highest BCUT2D eigenvalue weighted by Gasteiger charge is 2.09. The standard InChI is InChI=1S/C11H15NO2/c1-3-8(2)14-10-7-5-4-6-9(10)11(12)13/h4-8H,3H2,1-2H3,(H2,12,13). The zero-order chi connectivity index (χ0) is 10.6. The smallest absolute Gasteiger partial charge is 0.252 e. The molecule has 76 valence electrons. The van der Waals surface area contributed by atoms with Crippen molar-refractivity contribution in [3.8, 4) is 5.75 Å². The van der Waals surface area contributed by atoms with Crippen LogP contribution in [0.4, 0.5) is 0 Å². The summed E-state index contributed by atoms with van der Waals surface area (Å²) < 4.78 is 5.56. The molecule has 0 spiro atoms. The SMILES string of the molecule is CCC(C)Oc1ccccc1C(N)=O. The van der Waals surface area contributed by atoms with Crippen LogP contribution in [0.3, 0.4) is 0 Å². The summed E-state index contributed by atoms with van der Waals surface area (Å²) in [6.07, 6.45) is 0.989. The molecule has 0 bridgehead atoms. The Hall–Kier alpha value is -1.51. The number of ether oxygens (including phenoxy) is 1. The lowest BCUT2D eigenvalue weighted by molar-refractivity contribution is 0.0993. The molecule has 0 aliphatic heterocycles. The van der Waals surface area contributed by atoms with Crippen LogP contribution in [0.2, 0.25) is 0 Å². The van der Waals surface area contributed by atoms with E-state index in [2.05, 4.69) is 0 Å². The van der Waals surface area contributed by atoms with Gasteiger partial charge in [-0.05, 0) is 25.5 Å². The van der Waals surface area contributed by atoms with Gasteiger partial charge in [0, 0.05) is 0 Å². The quantitative estimate of drug-likeness (QED) is 0.794. The van der Waals surface area contributed by atoms with Gasteiger partial charge in [-0.2, -0.15) is 0 Å². The summed E-state index contributed by atoms with van der Waals surface area (Å²) in [5.74, 6) is 0.109. The number of carbonyl (C=O) groups excluding carboxylic acids is 1. The summed E-state index contributed by atoms with van der Waals surface area (Å²) in [5, 5.41) is 0. The van der Waals surface area contributed by atoms with E-state index in [9.17, 15) is 4.79 Å². The van der Waals surface area contributed by atoms with Crippen LogP contribution in [0.1, 0.15) is 30.6 Å². The van der Waals surface area contributed by atoms with Gasteiger partial charge < -0.3 is 10.5 Å². The fraction of sp³-hybridized carbons (Fsp3) is 0.364. The molecule has 3 nitrogen and oxygen atoms in total. The van der Waals surface area contributed by atoms with E-state index in [1.54, 1.807) is 18.2 Å². The Balaban J connectivity index is 2.90. The van der Waals surface area contributed by atoms with Gasteiger partial charge in [0.1, 0.15) is 5.75 Å². The monoisotopic (exact) mass is 193 g/mol. The fourth-order valence-electron chi connectivity index (χ4n) is 1.07. The summed E-state index contributed by atoms with van der Waals surface area (Å²) in [5.41, 5.74) is 5.65. The van der Waals surface area contributed by atoms with Gasteiger partial charge >= 0.3 is 0 Å². The van der Waals surface area contributed by atoms with Gasteiger partial charge in [0.2, 0.25) is 0 Å². The van der Waals surface area contributed by atoms with E-state index in [4.69, 9.17) is 10.5 Å². The first-order valence-corrected chi connectivity index (χ1v) is 4.70. The molecule has 0 aromatic heterocycles. The Morgan fingerprint density at radius 2 is 2.14 bits per heavy atom. The first kappa shape index (κ1) is 10.6. The van der Waals surface area contributed by atoms with Crippen LogP contribution in [0.5, 0.6) is 5.75 Å². The second kappa shape index (κ2) is 4.65. The average molecular weight is 193 g/mol. The van der Waals surface area contributed by atoms with Gasteiger partial charge in [-0.3, -0.25) is 4.79 Å². The Morgan fingerprint density at radius 1 is 1.50 bits per heavy atom. The summed E-state index contributed by atoms with van der Waals surface area (Å²) in [4.78, 5) is 11.0. The highest BCUT2D eigenvalue weighted by molar-refractivity contribution is 5.95. The average Bonchev–Trinajstić information content (AvgIpc) is 2.18. The van der Waals surface area contributed by atoms with Gasteiger partial charge in [0.15, 0.2) is 0 Å². The predicted octanol–water partition coefficient (Wildman–Crippen LogP) is 1.96. The number of nitrogens with two attached hydrogens (primary N) is 1. The number of rotatable bonds is 4. The van der Waals surface area contributed by atoms with Crippen LogP contribution < -0.4 is 10.5 Å². The Morgan fingerprint density at radius 3 is 2.71 bits per heavy atom. The summed E-state index contributed by atoms with van der Waals surface area (Å²) >= 11 is 0. The lowest BCUT2D eigenvalue weighted by atomic mass is 10.2. The zero-order valence-corrected chi connectivity index (χ0v) is 8.49. The molecule has 14 heavy (non-hydrogen) atoms. The van der Waals surface area contributed by atoms with Crippen molar-refractivity contribution in [3.05, 3.63) is 29.8 Å². The second-order valence-electron chi connectivity index (χ2n) is 3.20. The molecule has 0 saturated heterocycles. The van der Waals surface area contributed by atoms with Crippen LogP contribution in [0.15, 0.2) is 24.3 Å². The summed E-state index contributed by atoms with van der Waals surface area (Å²) in [6, 6.07) is 7.01. The van der Waals surface area contributed by atoms with Crippen molar-refractivity contribution in [1.82, 2.24) is 0 Å². The molecule has 0 heterocycles. The van der Waals surface area contributed by atoms with E-state index >= 15 is 0 Å². The van der Waals surface area contributed by atoms with Crippen molar-refractivity contribution in [3.63, 3.8) is 0 Å². The first-order chi connectivity index (χ1) is 6.65. The van der Waals surface area contributed by atoms with E-state index in [0.717, 1.165) is 6.42 Å². The van der Waals surface area contributed by atoms with Gasteiger partial charge in [0.05, 0.1) is 11.7 Å². The van der Waals surface area contributed by atoms with Gasteiger partial charge in [0.25, 0.3) is 5.91 Å². The molecule has 2 N–H and O–H groups in total. The first-order valence-electron chi connectivity index (χ1n) is 4.70. The molecule has 0 fully saturated rings. The lowest BCUT2D eigenvalue weighted by Gasteiger charge is -2.14. The normalized spacial score (nSPS) is 12.1. The fourth-order valence-corrected chi connectivity index (χ4v) is 1.07. The Bertz CT molecular complexity index is 323. The highest BCUT2D eigenvalue weighted by Crippen LogP contribution is 2.19. The number of benzene rings is 1. The van der Waals surface area contributed by atoms with E-state index in [0.29, 0.717) is 11.3 Å². The van der Waals surface area contributed by atoms with Crippen LogP contribution in [0.25, 0.3) is 0 Å². The third-order valence-electron chi connectivity index (χ3n) is 2.06. The molecule has 1 aromatic rings. The van der Waals surface area contributed by atoms with Crippen molar-refractivity contribution < 1.29 is 9.53 Å². The van der Waals surface area contributed by atoms with E-state index in [1.165, 1.54) is 0 Å². The predicted molar refractivity (Wildman–Crippen MR) is 55.3 cm³/mol. The van der Waals surface area contributed by atoms with E-state index in [-0.39, 0.29) is 6.10 Å². The van der Waals surface area contributed by atoms with Gasteiger partial charge in [-0.1, -0.05) is 19.1 Å². The molecule has 1 atom stereocenters. The van der Waals surface area contributed by atoms with Crippen LogP contribution in [-0.2, 0) is 0 Å². The summed E-state index contributed by atoms with van der Waals surface area (Å²) in [6.45, 7) is 3.98. The number of para-hydroxylation sites is 1. The largest absolute Gasteiger partial charge is 0.490 e. The van der Waals surface area contributed by atoms with E-state index < -0.39 is 5.91 Å². The van der Waals surface area contributed by atoms with Crippen molar-refractivity contribution >= 4 is 5.91 Å². The number of primary amides is 1. The van der Waals surface area contributed by atoms with E-state index in [1.807, 2.05) is 19.9 Å². The second-order valence-corrected chi connectivity index (χ2v) is 3.20. The molecule has 0 aliphatic carbocycles. The molecule has 0 aliphatic rings. The topological polar surface area (TPSA) is 52.3 Å². The van der Waals surface area contributed by atoms with Crippen molar-refractivity contribution in [2.45, 2.75) is 26.4 Å². The zero-order valence-electron chi connectivity index (χ0n) is 8.49. The van der Waals surface area contributed by atoms with Crippen LogP contribution >= 0.6 is 0 Å². The molecular formula is C11H15NO2. The van der Waals surface area contributed by atoms with Crippen molar-refractivity contribution in [2.75, 3.05) is 0 Å². The third-order valence-corrected chi connectivity index (χ3v) is 2.06. The molecule has 3 heteroatoms. The third kappa shape index (κ3) is 2.49. The number of hydrogen-bond donors (Lipinski definition) is 1. The number of carbonyl (C=O) groups is 1. The molecule has 0 saturated carbocycles. The maximum absolute atomic E-state index is 11.0. The van der Waals surface area contributed by atoms with Crippen molar-refractivity contribution in [2.24, 2.45) is 5.73 Å².